The molecule has 0 spiro atoms. The topological polar surface area (TPSA) is 29.5 Å². The molecule has 1 rings (SSSR count). The molecule has 1 heterocycles. The quantitative estimate of drug-likeness (QED) is 0.663. The highest BCUT2D eigenvalue weighted by Gasteiger charge is 2.25. The Kier molecular flexibility index (Phi) is 3.72. The van der Waals surface area contributed by atoms with Gasteiger partial charge in [-0.2, -0.15) is 0 Å². The lowest BCUT2D eigenvalue weighted by Gasteiger charge is -2.17. The fraction of sp³-hybridized carbons (Fsp3) is 0.900. The van der Waals surface area contributed by atoms with Gasteiger partial charge in [0.1, 0.15) is 0 Å². The summed E-state index contributed by atoms with van der Waals surface area (Å²) in [6, 6.07) is 0. The van der Waals surface area contributed by atoms with Crippen molar-refractivity contribution in [3.8, 4) is 0 Å². The SMILES string of the molecule is COC1CCN(C(=O)CC(C)C)C1. The Hall–Kier alpha value is -0.570. The number of carbonyl (C=O) groups excluding carboxylic acids is 1. The number of carbonyl (C=O) groups is 1. The Morgan fingerprint density at radius 1 is 1.62 bits per heavy atom. The van der Waals surface area contributed by atoms with Crippen LogP contribution in [-0.2, 0) is 9.53 Å². The average molecular weight is 185 g/mol. The largest absolute Gasteiger partial charge is 0.380 e. The van der Waals surface area contributed by atoms with Crippen LogP contribution in [0.5, 0.6) is 0 Å². The molecule has 0 N–H and O–H groups in total. The van der Waals surface area contributed by atoms with Gasteiger partial charge in [0.15, 0.2) is 0 Å². The summed E-state index contributed by atoms with van der Waals surface area (Å²) in [4.78, 5) is 13.5. The molecule has 1 aliphatic rings. The predicted octanol–water partition coefficient (Wildman–Crippen LogP) is 1.28. The third kappa shape index (κ3) is 2.99. The van der Waals surface area contributed by atoms with E-state index in [4.69, 9.17) is 4.74 Å². The van der Waals surface area contributed by atoms with Crippen LogP contribution in [0.3, 0.4) is 0 Å². The number of amides is 1. The summed E-state index contributed by atoms with van der Waals surface area (Å²) in [5.41, 5.74) is 0. The second-order valence-electron chi connectivity index (χ2n) is 4.08. The molecule has 1 aliphatic heterocycles. The standard InChI is InChI=1S/C10H19NO2/c1-8(2)6-10(12)11-5-4-9(7-11)13-3/h8-9H,4-7H2,1-3H3. The van der Waals surface area contributed by atoms with Gasteiger partial charge in [0.2, 0.25) is 5.91 Å². The van der Waals surface area contributed by atoms with Crippen molar-refractivity contribution in [1.29, 1.82) is 0 Å². The van der Waals surface area contributed by atoms with E-state index in [1.807, 2.05) is 4.90 Å². The maximum absolute atomic E-state index is 11.6. The van der Waals surface area contributed by atoms with E-state index in [9.17, 15) is 4.79 Å². The fourth-order valence-corrected chi connectivity index (χ4v) is 1.63. The van der Waals surface area contributed by atoms with Crippen molar-refractivity contribution in [2.75, 3.05) is 20.2 Å². The van der Waals surface area contributed by atoms with Gasteiger partial charge in [0.05, 0.1) is 6.10 Å². The Balaban J connectivity index is 2.33. The van der Waals surface area contributed by atoms with Gasteiger partial charge in [0, 0.05) is 26.6 Å². The van der Waals surface area contributed by atoms with E-state index in [-0.39, 0.29) is 12.0 Å². The Morgan fingerprint density at radius 2 is 2.31 bits per heavy atom. The summed E-state index contributed by atoms with van der Waals surface area (Å²) in [5.74, 6) is 0.726. The van der Waals surface area contributed by atoms with E-state index in [1.165, 1.54) is 0 Å². The van der Waals surface area contributed by atoms with Crippen molar-refractivity contribution >= 4 is 5.91 Å². The first-order chi connectivity index (χ1) is 6.13. The van der Waals surface area contributed by atoms with Gasteiger partial charge in [-0.3, -0.25) is 4.79 Å². The normalized spacial score (nSPS) is 22.8. The molecule has 13 heavy (non-hydrogen) atoms. The van der Waals surface area contributed by atoms with E-state index in [0.717, 1.165) is 19.5 Å². The van der Waals surface area contributed by atoms with Gasteiger partial charge in [-0.05, 0) is 12.3 Å². The van der Waals surface area contributed by atoms with Gasteiger partial charge < -0.3 is 9.64 Å². The second kappa shape index (κ2) is 4.61. The number of hydrogen-bond donors (Lipinski definition) is 0. The highest BCUT2D eigenvalue weighted by Crippen LogP contribution is 2.14. The van der Waals surface area contributed by atoms with Crippen molar-refractivity contribution in [3.63, 3.8) is 0 Å². The Bertz CT molecular complexity index is 180. The van der Waals surface area contributed by atoms with Crippen molar-refractivity contribution in [3.05, 3.63) is 0 Å². The molecule has 0 saturated carbocycles. The highest BCUT2D eigenvalue weighted by atomic mass is 16.5. The molecule has 1 unspecified atom stereocenters. The van der Waals surface area contributed by atoms with Gasteiger partial charge in [-0.1, -0.05) is 13.8 Å². The first-order valence-electron chi connectivity index (χ1n) is 4.94. The molecule has 1 atom stereocenters. The number of likely N-dealkylation sites (tertiary alicyclic amines) is 1. The third-order valence-electron chi connectivity index (χ3n) is 2.41. The van der Waals surface area contributed by atoms with Crippen LogP contribution in [0.15, 0.2) is 0 Å². The lowest BCUT2D eigenvalue weighted by Crippen LogP contribution is -2.30. The Labute approximate surface area is 80.1 Å². The van der Waals surface area contributed by atoms with Crippen LogP contribution < -0.4 is 0 Å². The lowest BCUT2D eigenvalue weighted by molar-refractivity contribution is -0.131. The molecule has 3 heteroatoms. The van der Waals surface area contributed by atoms with Crippen LogP contribution in [-0.4, -0.2) is 37.1 Å². The van der Waals surface area contributed by atoms with Crippen LogP contribution in [0.1, 0.15) is 26.7 Å². The molecule has 0 radical (unpaired) electrons. The van der Waals surface area contributed by atoms with E-state index < -0.39 is 0 Å². The zero-order valence-electron chi connectivity index (χ0n) is 8.75. The van der Waals surface area contributed by atoms with Crippen LogP contribution in [0.2, 0.25) is 0 Å². The molecule has 3 nitrogen and oxygen atoms in total. The molecule has 0 aromatic rings. The fourth-order valence-electron chi connectivity index (χ4n) is 1.63. The molecule has 1 amide bonds. The molecular weight excluding hydrogens is 166 g/mol. The first-order valence-corrected chi connectivity index (χ1v) is 4.94. The average Bonchev–Trinajstić information content (AvgIpc) is 2.50. The van der Waals surface area contributed by atoms with Gasteiger partial charge in [0.25, 0.3) is 0 Å². The van der Waals surface area contributed by atoms with E-state index in [1.54, 1.807) is 7.11 Å². The maximum atomic E-state index is 11.6. The minimum absolute atomic E-state index is 0.260. The number of methoxy groups -OCH3 is 1. The number of rotatable bonds is 3. The zero-order chi connectivity index (χ0) is 9.84. The van der Waals surface area contributed by atoms with Crippen LogP contribution >= 0.6 is 0 Å². The molecule has 1 saturated heterocycles. The van der Waals surface area contributed by atoms with Gasteiger partial charge >= 0.3 is 0 Å². The van der Waals surface area contributed by atoms with Gasteiger partial charge in [-0.25, -0.2) is 0 Å². The van der Waals surface area contributed by atoms with Crippen LogP contribution in [0.4, 0.5) is 0 Å². The highest BCUT2D eigenvalue weighted by molar-refractivity contribution is 5.76. The number of ether oxygens (including phenoxy) is 1. The summed E-state index contributed by atoms with van der Waals surface area (Å²) in [6.45, 7) is 5.79. The van der Waals surface area contributed by atoms with Crippen molar-refractivity contribution in [2.24, 2.45) is 5.92 Å². The molecule has 1 fully saturated rings. The third-order valence-corrected chi connectivity index (χ3v) is 2.41. The van der Waals surface area contributed by atoms with Crippen molar-refractivity contribution < 1.29 is 9.53 Å². The summed E-state index contributed by atoms with van der Waals surface area (Å²) < 4.78 is 5.20. The van der Waals surface area contributed by atoms with E-state index in [2.05, 4.69) is 13.8 Å². The minimum Gasteiger partial charge on any atom is -0.380 e. The minimum atomic E-state index is 0.260. The second-order valence-corrected chi connectivity index (χ2v) is 4.08. The zero-order valence-corrected chi connectivity index (χ0v) is 8.75. The summed E-state index contributed by atoms with van der Waals surface area (Å²) >= 11 is 0. The summed E-state index contributed by atoms with van der Waals surface area (Å²) in [6.07, 6.45) is 1.91. The molecule has 0 aliphatic carbocycles. The Morgan fingerprint density at radius 3 is 2.77 bits per heavy atom. The smallest absolute Gasteiger partial charge is 0.222 e. The maximum Gasteiger partial charge on any atom is 0.222 e. The molecule has 0 bridgehead atoms. The molecule has 76 valence electrons. The lowest BCUT2D eigenvalue weighted by atomic mass is 10.1. The van der Waals surface area contributed by atoms with Crippen LogP contribution in [0, 0.1) is 5.92 Å². The summed E-state index contributed by atoms with van der Waals surface area (Å²) in [5, 5.41) is 0. The van der Waals surface area contributed by atoms with Gasteiger partial charge in [-0.15, -0.1) is 0 Å². The number of hydrogen-bond acceptors (Lipinski definition) is 2. The monoisotopic (exact) mass is 185 g/mol. The predicted molar refractivity (Wildman–Crippen MR) is 51.4 cm³/mol. The van der Waals surface area contributed by atoms with Crippen LogP contribution in [0.25, 0.3) is 0 Å². The molecular formula is C10H19NO2. The van der Waals surface area contributed by atoms with Crippen molar-refractivity contribution in [1.82, 2.24) is 4.90 Å². The molecule has 0 aromatic carbocycles. The van der Waals surface area contributed by atoms with Crippen molar-refractivity contribution in [2.45, 2.75) is 32.8 Å². The summed E-state index contributed by atoms with van der Waals surface area (Å²) in [7, 11) is 1.71. The molecule has 0 aromatic heterocycles. The first kappa shape index (κ1) is 10.5. The van der Waals surface area contributed by atoms with E-state index >= 15 is 0 Å². The van der Waals surface area contributed by atoms with E-state index in [0.29, 0.717) is 12.3 Å². The number of nitrogens with zero attached hydrogens (tertiary/aromatic N) is 1.